The Bertz CT molecular complexity index is 852. The standard InChI is InChI=1S/C20H22ClNO4S/c1-11-9-12(2)19(13(3)10-11)22-20(25)14(4)26-18(24)8-5-15(23)16-6-7-17(21)27-16/h6-7,9-10,14H,5,8H2,1-4H3,(H,22,25)/t14-/m0/s1. The third kappa shape index (κ3) is 5.91. The molecule has 0 fully saturated rings. The van der Waals surface area contributed by atoms with Crippen LogP contribution in [-0.4, -0.2) is 23.8 Å². The average Bonchev–Trinajstić information content (AvgIpc) is 3.02. The van der Waals surface area contributed by atoms with Crippen LogP contribution in [-0.2, 0) is 14.3 Å². The molecule has 5 nitrogen and oxygen atoms in total. The van der Waals surface area contributed by atoms with E-state index in [0.717, 1.165) is 22.4 Å². The maximum atomic E-state index is 12.3. The van der Waals surface area contributed by atoms with Gasteiger partial charge in [-0.15, -0.1) is 11.3 Å². The van der Waals surface area contributed by atoms with Crippen molar-refractivity contribution < 1.29 is 19.1 Å². The monoisotopic (exact) mass is 407 g/mol. The molecule has 2 aromatic rings. The largest absolute Gasteiger partial charge is 0.453 e. The molecule has 7 heteroatoms. The lowest BCUT2D eigenvalue weighted by Crippen LogP contribution is -2.30. The van der Waals surface area contributed by atoms with Gasteiger partial charge in [0.1, 0.15) is 0 Å². The fourth-order valence-corrected chi connectivity index (χ4v) is 3.73. The maximum absolute atomic E-state index is 12.3. The summed E-state index contributed by atoms with van der Waals surface area (Å²) in [7, 11) is 0. The van der Waals surface area contributed by atoms with Crippen molar-refractivity contribution in [3.8, 4) is 0 Å². The zero-order valence-electron chi connectivity index (χ0n) is 15.7. The number of thiophene rings is 1. The molecule has 0 aliphatic heterocycles. The number of ether oxygens (including phenoxy) is 1. The smallest absolute Gasteiger partial charge is 0.307 e. The van der Waals surface area contributed by atoms with Gasteiger partial charge in [-0.3, -0.25) is 14.4 Å². The van der Waals surface area contributed by atoms with Gasteiger partial charge in [-0.05, 0) is 51.0 Å². The van der Waals surface area contributed by atoms with E-state index >= 15 is 0 Å². The van der Waals surface area contributed by atoms with Crippen molar-refractivity contribution in [1.82, 2.24) is 0 Å². The van der Waals surface area contributed by atoms with Gasteiger partial charge in [0.15, 0.2) is 11.9 Å². The molecule has 0 aliphatic rings. The molecule has 2 rings (SSSR count). The quantitative estimate of drug-likeness (QED) is 0.525. The van der Waals surface area contributed by atoms with Gasteiger partial charge in [-0.1, -0.05) is 29.3 Å². The predicted molar refractivity (Wildman–Crippen MR) is 108 cm³/mol. The number of halogens is 1. The van der Waals surface area contributed by atoms with Crippen molar-refractivity contribution in [3.63, 3.8) is 0 Å². The lowest BCUT2D eigenvalue weighted by Gasteiger charge is -2.16. The Balaban J connectivity index is 1.86. The van der Waals surface area contributed by atoms with Crippen molar-refractivity contribution >= 4 is 46.3 Å². The SMILES string of the molecule is Cc1cc(C)c(NC(=O)[C@H](C)OC(=O)CCC(=O)c2ccc(Cl)s2)c(C)c1. The minimum absolute atomic E-state index is 0.0141. The van der Waals surface area contributed by atoms with Gasteiger partial charge in [-0.25, -0.2) is 0 Å². The Morgan fingerprint density at radius 1 is 1.11 bits per heavy atom. The number of nitrogens with one attached hydrogen (secondary N) is 1. The van der Waals surface area contributed by atoms with E-state index in [4.69, 9.17) is 16.3 Å². The topological polar surface area (TPSA) is 72.5 Å². The van der Waals surface area contributed by atoms with Crippen LogP contribution in [0.3, 0.4) is 0 Å². The van der Waals surface area contributed by atoms with Crippen molar-refractivity contribution in [3.05, 3.63) is 50.2 Å². The number of ketones is 1. The number of benzene rings is 1. The Morgan fingerprint density at radius 3 is 2.30 bits per heavy atom. The average molecular weight is 408 g/mol. The summed E-state index contributed by atoms with van der Waals surface area (Å²) in [6.45, 7) is 7.32. The number of carbonyl (C=O) groups excluding carboxylic acids is 3. The number of rotatable bonds is 7. The zero-order chi connectivity index (χ0) is 20.1. The molecule has 1 N–H and O–H groups in total. The van der Waals surface area contributed by atoms with Gasteiger partial charge in [0, 0.05) is 12.1 Å². The van der Waals surface area contributed by atoms with Gasteiger partial charge >= 0.3 is 5.97 Å². The molecule has 1 atom stereocenters. The van der Waals surface area contributed by atoms with Crippen LogP contribution in [0.15, 0.2) is 24.3 Å². The molecule has 0 saturated heterocycles. The summed E-state index contributed by atoms with van der Waals surface area (Å²) in [5.74, 6) is -1.17. The number of amides is 1. The van der Waals surface area contributed by atoms with E-state index in [0.29, 0.717) is 9.21 Å². The van der Waals surface area contributed by atoms with E-state index in [2.05, 4.69) is 5.32 Å². The minimum atomic E-state index is -0.955. The first-order chi connectivity index (χ1) is 12.7. The number of anilines is 1. The highest BCUT2D eigenvalue weighted by molar-refractivity contribution is 7.18. The van der Waals surface area contributed by atoms with Crippen LogP contribution in [0.4, 0.5) is 5.69 Å². The zero-order valence-corrected chi connectivity index (χ0v) is 17.3. The first-order valence-corrected chi connectivity index (χ1v) is 9.73. The highest BCUT2D eigenvalue weighted by Gasteiger charge is 2.20. The molecular formula is C20H22ClNO4S. The van der Waals surface area contributed by atoms with Crippen LogP contribution in [0.2, 0.25) is 4.34 Å². The summed E-state index contributed by atoms with van der Waals surface area (Å²) in [5, 5.41) is 2.81. The number of hydrogen-bond donors (Lipinski definition) is 1. The molecule has 0 spiro atoms. The first kappa shape index (κ1) is 21.1. The molecule has 1 aromatic carbocycles. The Hall–Kier alpha value is -2.18. The fraction of sp³-hybridized carbons (Fsp3) is 0.350. The third-order valence-corrected chi connectivity index (χ3v) is 5.28. The summed E-state index contributed by atoms with van der Waals surface area (Å²) in [6.07, 6.45) is -1.03. The summed E-state index contributed by atoms with van der Waals surface area (Å²) in [4.78, 5) is 36.8. The van der Waals surface area contributed by atoms with Crippen molar-refractivity contribution in [2.75, 3.05) is 5.32 Å². The van der Waals surface area contributed by atoms with Crippen LogP contribution in [0, 0.1) is 20.8 Å². The van der Waals surface area contributed by atoms with E-state index < -0.39 is 18.0 Å². The number of Topliss-reactive ketones (excluding diaryl/α,β-unsaturated/α-hetero) is 1. The predicted octanol–water partition coefficient (Wildman–Crippen LogP) is 4.86. The lowest BCUT2D eigenvalue weighted by molar-refractivity contribution is -0.153. The molecular weight excluding hydrogens is 386 g/mol. The number of aryl methyl sites for hydroxylation is 3. The van der Waals surface area contributed by atoms with Crippen molar-refractivity contribution in [1.29, 1.82) is 0 Å². The van der Waals surface area contributed by atoms with Gasteiger partial charge in [0.25, 0.3) is 5.91 Å². The number of esters is 1. The van der Waals surface area contributed by atoms with Crippen LogP contribution in [0.25, 0.3) is 0 Å². The normalized spacial score (nSPS) is 11.7. The third-order valence-electron chi connectivity index (χ3n) is 4.01. The molecule has 1 heterocycles. The van der Waals surface area contributed by atoms with Crippen LogP contribution >= 0.6 is 22.9 Å². The highest BCUT2D eigenvalue weighted by Crippen LogP contribution is 2.24. The van der Waals surface area contributed by atoms with E-state index in [1.807, 2.05) is 32.9 Å². The second-order valence-corrected chi connectivity index (χ2v) is 8.14. The summed E-state index contributed by atoms with van der Waals surface area (Å²) in [5.41, 5.74) is 3.72. The van der Waals surface area contributed by atoms with Crippen LogP contribution in [0.5, 0.6) is 0 Å². The molecule has 0 unspecified atom stereocenters. The molecule has 1 aromatic heterocycles. The lowest BCUT2D eigenvalue weighted by atomic mass is 10.0. The summed E-state index contributed by atoms with van der Waals surface area (Å²) >= 11 is 6.97. The molecule has 144 valence electrons. The molecule has 27 heavy (non-hydrogen) atoms. The second-order valence-electron chi connectivity index (χ2n) is 6.42. The van der Waals surface area contributed by atoms with Gasteiger partial charge < -0.3 is 10.1 Å². The number of hydrogen-bond acceptors (Lipinski definition) is 5. The summed E-state index contributed by atoms with van der Waals surface area (Å²) in [6, 6.07) is 7.21. The highest BCUT2D eigenvalue weighted by atomic mass is 35.5. The number of carbonyl (C=O) groups is 3. The minimum Gasteiger partial charge on any atom is -0.453 e. The van der Waals surface area contributed by atoms with Crippen molar-refractivity contribution in [2.24, 2.45) is 0 Å². The fourth-order valence-electron chi connectivity index (χ4n) is 2.71. The van der Waals surface area contributed by atoms with Crippen LogP contribution in [0.1, 0.15) is 46.1 Å². The molecule has 1 amide bonds. The molecule has 0 aliphatic carbocycles. The molecule has 0 saturated carbocycles. The van der Waals surface area contributed by atoms with Crippen molar-refractivity contribution in [2.45, 2.75) is 46.6 Å². The first-order valence-electron chi connectivity index (χ1n) is 8.54. The van der Waals surface area contributed by atoms with Gasteiger partial charge in [-0.2, -0.15) is 0 Å². The van der Waals surface area contributed by atoms with E-state index in [1.54, 1.807) is 12.1 Å². The molecule has 0 radical (unpaired) electrons. The Kier molecular flexibility index (Phi) is 7.16. The Morgan fingerprint density at radius 2 is 1.74 bits per heavy atom. The maximum Gasteiger partial charge on any atom is 0.307 e. The second kappa shape index (κ2) is 9.15. The van der Waals surface area contributed by atoms with Gasteiger partial charge in [0.05, 0.1) is 15.6 Å². The van der Waals surface area contributed by atoms with E-state index in [9.17, 15) is 14.4 Å². The van der Waals surface area contributed by atoms with E-state index in [1.165, 1.54) is 18.3 Å². The summed E-state index contributed by atoms with van der Waals surface area (Å²) < 4.78 is 5.67. The molecule has 0 bridgehead atoms. The van der Waals surface area contributed by atoms with Gasteiger partial charge in [0.2, 0.25) is 0 Å². The Labute approximate surface area is 167 Å². The van der Waals surface area contributed by atoms with E-state index in [-0.39, 0.29) is 18.6 Å². The van der Waals surface area contributed by atoms with Crippen LogP contribution < -0.4 is 5.32 Å².